The minimum Gasteiger partial charge on any atom is -0.311 e. The molecular formula is C12H26N2O2S. The summed E-state index contributed by atoms with van der Waals surface area (Å²) >= 11 is 0. The third kappa shape index (κ3) is 5.84. The van der Waals surface area contributed by atoms with Gasteiger partial charge in [-0.3, -0.25) is 4.90 Å². The van der Waals surface area contributed by atoms with Crippen LogP contribution in [0.1, 0.15) is 33.1 Å². The van der Waals surface area contributed by atoms with Crippen molar-refractivity contribution < 1.29 is 8.42 Å². The fraction of sp³-hybridized carbons (Fsp3) is 1.00. The molecule has 0 radical (unpaired) electrons. The lowest BCUT2D eigenvalue weighted by atomic mass is 10.1. The Kier molecular flexibility index (Phi) is 6.44. The Morgan fingerprint density at radius 2 is 2.00 bits per heavy atom. The minimum atomic E-state index is -2.82. The molecule has 1 aliphatic rings. The number of hydrogen-bond donors (Lipinski definition) is 1. The van der Waals surface area contributed by atoms with Gasteiger partial charge in [-0.05, 0) is 12.8 Å². The van der Waals surface area contributed by atoms with Crippen molar-refractivity contribution in [2.45, 2.75) is 39.2 Å². The van der Waals surface area contributed by atoms with Crippen LogP contribution in [0.4, 0.5) is 0 Å². The van der Waals surface area contributed by atoms with Gasteiger partial charge in [-0.1, -0.05) is 20.3 Å². The van der Waals surface area contributed by atoms with Gasteiger partial charge in [-0.25, -0.2) is 8.42 Å². The average molecular weight is 262 g/mol. The highest BCUT2D eigenvalue weighted by Gasteiger charge is 2.20. The van der Waals surface area contributed by atoms with Crippen LogP contribution in [-0.2, 0) is 9.84 Å². The van der Waals surface area contributed by atoms with Crippen molar-refractivity contribution in [1.29, 1.82) is 0 Å². The van der Waals surface area contributed by atoms with Gasteiger partial charge < -0.3 is 5.32 Å². The highest BCUT2D eigenvalue weighted by Crippen LogP contribution is 2.05. The molecule has 0 aromatic rings. The Morgan fingerprint density at radius 1 is 1.24 bits per heavy atom. The Morgan fingerprint density at radius 3 is 2.65 bits per heavy atom. The number of nitrogens with one attached hydrogen (secondary N) is 1. The Labute approximate surface area is 106 Å². The molecule has 4 nitrogen and oxygen atoms in total. The normalized spacial score (nSPS) is 22.8. The SMILES string of the molecule is CCCC1CN(CCS(=O)(=O)CCC)CCN1. The van der Waals surface area contributed by atoms with Crippen LogP contribution in [0, 0.1) is 0 Å². The second-order valence-corrected chi connectivity index (χ2v) is 7.20. The molecule has 1 N–H and O–H groups in total. The van der Waals surface area contributed by atoms with Gasteiger partial charge in [-0.2, -0.15) is 0 Å². The molecular weight excluding hydrogens is 236 g/mol. The molecule has 1 aliphatic heterocycles. The molecule has 0 amide bonds. The average Bonchev–Trinajstić information content (AvgIpc) is 2.28. The monoisotopic (exact) mass is 262 g/mol. The number of hydrogen-bond acceptors (Lipinski definition) is 4. The molecule has 102 valence electrons. The Hall–Kier alpha value is -0.130. The van der Waals surface area contributed by atoms with Gasteiger partial charge in [0.1, 0.15) is 0 Å². The first-order valence-electron chi connectivity index (χ1n) is 6.73. The van der Waals surface area contributed by atoms with Crippen molar-refractivity contribution in [1.82, 2.24) is 10.2 Å². The smallest absolute Gasteiger partial charge is 0.151 e. The molecule has 0 aliphatic carbocycles. The molecule has 1 unspecified atom stereocenters. The third-order valence-electron chi connectivity index (χ3n) is 3.21. The van der Waals surface area contributed by atoms with Gasteiger partial charge in [0.05, 0.1) is 5.75 Å². The van der Waals surface area contributed by atoms with Crippen molar-refractivity contribution in [3.8, 4) is 0 Å². The summed E-state index contributed by atoms with van der Waals surface area (Å²) in [6, 6.07) is 0.544. The van der Waals surface area contributed by atoms with E-state index in [0.717, 1.165) is 26.1 Å². The van der Waals surface area contributed by atoms with E-state index in [-0.39, 0.29) is 0 Å². The van der Waals surface area contributed by atoms with E-state index in [2.05, 4.69) is 17.1 Å². The summed E-state index contributed by atoms with van der Waals surface area (Å²) in [4.78, 5) is 2.28. The number of nitrogens with zero attached hydrogens (tertiary/aromatic N) is 1. The van der Waals surface area contributed by atoms with Crippen LogP contribution >= 0.6 is 0 Å². The predicted molar refractivity (Wildman–Crippen MR) is 72.1 cm³/mol. The lowest BCUT2D eigenvalue weighted by Gasteiger charge is -2.33. The fourth-order valence-corrected chi connectivity index (χ4v) is 3.68. The number of piperazine rings is 1. The van der Waals surface area contributed by atoms with Crippen molar-refractivity contribution >= 4 is 9.84 Å². The van der Waals surface area contributed by atoms with Crippen LogP contribution in [0.25, 0.3) is 0 Å². The maximum absolute atomic E-state index is 11.6. The van der Waals surface area contributed by atoms with E-state index >= 15 is 0 Å². The summed E-state index contributed by atoms with van der Waals surface area (Å²) in [6.45, 7) is 7.76. The highest BCUT2D eigenvalue weighted by atomic mass is 32.2. The van der Waals surface area contributed by atoms with Crippen LogP contribution in [0.5, 0.6) is 0 Å². The summed E-state index contributed by atoms with van der Waals surface area (Å²) in [5.41, 5.74) is 0. The lowest BCUT2D eigenvalue weighted by molar-refractivity contribution is 0.203. The van der Waals surface area contributed by atoms with Crippen molar-refractivity contribution in [3.63, 3.8) is 0 Å². The molecule has 1 saturated heterocycles. The molecule has 5 heteroatoms. The summed E-state index contributed by atoms with van der Waals surface area (Å²) < 4.78 is 23.3. The summed E-state index contributed by atoms with van der Waals surface area (Å²) in [6.07, 6.45) is 3.08. The molecule has 1 rings (SSSR count). The molecule has 0 spiro atoms. The number of rotatable bonds is 7. The first kappa shape index (κ1) is 14.9. The maximum atomic E-state index is 11.6. The standard InChI is InChI=1S/C12H26N2O2S/c1-3-5-12-11-14(7-6-13-12)8-10-17(15,16)9-4-2/h12-13H,3-11H2,1-2H3. The van der Waals surface area contributed by atoms with Gasteiger partial charge in [0.2, 0.25) is 0 Å². The van der Waals surface area contributed by atoms with Crippen LogP contribution in [0.2, 0.25) is 0 Å². The highest BCUT2D eigenvalue weighted by molar-refractivity contribution is 7.91. The first-order valence-corrected chi connectivity index (χ1v) is 8.55. The third-order valence-corrected chi connectivity index (χ3v) is 5.05. The van der Waals surface area contributed by atoms with Crippen molar-refractivity contribution in [2.24, 2.45) is 0 Å². The molecule has 0 aromatic carbocycles. The first-order chi connectivity index (χ1) is 8.07. The van der Waals surface area contributed by atoms with E-state index in [4.69, 9.17) is 0 Å². The van der Waals surface area contributed by atoms with Gasteiger partial charge in [0.25, 0.3) is 0 Å². The lowest BCUT2D eigenvalue weighted by Crippen LogP contribution is -2.51. The zero-order valence-electron chi connectivity index (χ0n) is 11.1. The van der Waals surface area contributed by atoms with Crippen molar-refractivity contribution in [2.75, 3.05) is 37.7 Å². The summed E-state index contributed by atoms with van der Waals surface area (Å²) in [7, 11) is -2.82. The molecule has 1 fully saturated rings. The van der Waals surface area contributed by atoms with Gasteiger partial charge in [0.15, 0.2) is 9.84 Å². The van der Waals surface area contributed by atoms with Gasteiger partial charge in [0, 0.05) is 38.0 Å². The van der Waals surface area contributed by atoms with Crippen LogP contribution < -0.4 is 5.32 Å². The van der Waals surface area contributed by atoms with E-state index in [1.54, 1.807) is 0 Å². The van der Waals surface area contributed by atoms with E-state index < -0.39 is 9.84 Å². The Bertz CT molecular complexity index is 302. The second-order valence-electron chi connectivity index (χ2n) is 4.89. The zero-order valence-corrected chi connectivity index (χ0v) is 11.9. The van der Waals surface area contributed by atoms with Crippen LogP contribution in [0.15, 0.2) is 0 Å². The van der Waals surface area contributed by atoms with E-state index in [1.807, 2.05) is 6.92 Å². The fourth-order valence-electron chi connectivity index (χ4n) is 2.32. The zero-order chi connectivity index (χ0) is 12.7. The quantitative estimate of drug-likeness (QED) is 0.740. The summed E-state index contributed by atoms with van der Waals surface area (Å²) in [5, 5.41) is 3.48. The second kappa shape index (κ2) is 7.34. The molecule has 17 heavy (non-hydrogen) atoms. The van der Waals surface area contributed by atoms with Crippen LogP contribution in [-0.4, -0.2) is 57.0 Å². The molecule has 0 bridgehead atoms. The largest absolute Gasteiger partial charge is 0.311 e. The van der Waals surface area contributed by atoms with Crippen LogP contribution in [0.3, 0.4) is 0 Å². The molecule has 1 heterocycles. The molecule has 1 atom stereocenters. The maximum Gasteiger partial charge on any atom is 0.151 e. The predicted octanol–water partition coefficient (Wildman–Crippen LogP) is 0.885. The number of sulfone groups is 1. The minimum absolute atomic E-state index is 0.319. The summed E-state index contributed by atoms with van der Waals surface area (Å²) in [5.74, 6) is 0.650. The Balaban J connectivity index is 2.31. The molecule has 0 saturated carbocycles. The molecule has 0 aromatic heterocycles. The topological polar surface area (TPSA) is 49.4 Å². The van der Waals surface area contributed by atoms with E-state index in [1.165, 1.54) is 12.8 Å². The van der Waals surface area contributed by atoms with Crippen molar-refractivity contribution in [3.05, 3.63) is 0 Å². The van der Waals surface area contributed by atoms with E-state index in [9.17, 15) is 8.42 Å². The van der Waals surface area contributed by atoms with Gasteiger partial charge >= 0.3 is 0 Å². The van der Waals surface area contributed by atoms with E-state index in [0.29, 0.717) is 24.1 Å². The van der Waals surface area contributed by atoms with Gasteiger partial charge in [-0.15, -0.1) is 0 Å².